The summed E-state index contributed by atoms with van der Waals surface area (Å²) in [5.74, 6) is -1.10. The van der Waals surface area contributed by atoms with E-state index in [0.29, 0.717) is 23.6 Å². The number of nitrogens with zero attached hydrogens (tertiary/aromatic N) is 2. The first-order chi connectivity index (χ1) is 14.7. The molecule has 0 amide bonds. The number of ether oxygens (including phenoxy) is 1. The number of nitrogens with one attached hydrogen (secondary N) is 2. The Morgan fingerprint density at radius 2 is 1.81 bits per heavy atom. The molecule has 3 aromatic rings. The van der Waals surface area contributed by atoms with E-state index in [-0.39, 0.29) is 5.95 Å². The molecular formula is C21H19F3N4O3. The molecular weight excluding hydrogens is 413 g/mol. The number of benzene rings is 2. The average molecular weight is 432 g/mol. The van der Waals surface area contributed by atoms with Crippen molar-refractivity contribution in [2.75, 3.05) is 17.2 Å². The van der Waals surface area contributed by atoms with Crippen LogP contribution in [-0.2, 0) is 11.3 Å². The highest BCUT2D eigenvalue weighted by Gasteiger charge is 2.31. The monoisotopic (exact) mass is 432 g/mol. The number of hydrogen-bond donors (Lipinski definition) is 3. The van der Waals surface area contributed by atoms with Crippen molar-refractivity contribution in [3.8, 4) is 17.0 Å². The third-order valence-corrected chi connectivity index (χ3v) is 4.08. The Morgan fingerprint density at radius 3 is 2.48 bits per heavy atom. The van der Waals surface area contributed by atoms with E-state index in [1.807, 2.05) is 31.2 Å². The number of hydrogen-bond acceptors (Lipinski definition) is 6. The second-order valence-electron chi connectivity index (χ2n) is 6.62. The summed E-state index contributed by atoms with van der Waals surface area (Å²) in [5.41, 5.74) is 2.75. The normalized spacial score (nSPS) is 11.1. The van der Waals surface area contributed by atoms with Gasteiger partial charge in [-0.25, -0.2) is 4.98 Å². The quantitative estimate of drug-likeness (QED) is 0.484. The van der Waals surface area contributed by atoms with Gasteiger partial charge in [0.15, 0.2) is 0 Å². The number of carbonyl (C=O) groups is 1. The van der Waals surface area contributed by atoms with Crippen LogP contribution < -0.4 is 15.4 Å². The van der Waals surface area contributed by atoms with E-state index in [1.165, 1.54) is 18.2 Å². The number of alkyl halides is 3. The lowest BCUT2D eigenvalue weighted by Gasteiger charge is -2.13. The SMILES string of the molecule is Cc1ccc(CNc2cc(-c3cccc(OC(F)(F)F)c3)nc(NCC(=O)O)n2)cc1. The Labute approximate surface area is 175 Å². The largest absolute Gasteiger partial charge is 0.573 e. The van der Waals surface area contributed by atoms with Gasteiger partial charge in [-0.2, -0.15) is 4.98 Å². The predicted octanol–water partition coefficient (Wildman–Crippen LogP) is 4.46. The van der Waals surface area contributed by atoms with Crippen LogP contribution in [0.4, 0.5) is 24.9 Å². The van der Waals surface area contributed by atoms with Crippen molar-refractivity contribution in [3.63, 3.8) is 0 Å². The van der Waals surface area contributed by atoms with Gasteiger partial charge in [-0.05, 0) is 24.6 Å². The van der Waals surface area contributed by atoms with Crippen molar-refractivity contribution in [2.45, 2.75) is 19.8 Å². The Morgan fingerprint density at radius 1 is 1.06 bits per heavy atom. The van der Waals surface area contributed by atoms with E-state index in [9.17, 15) is 18.0 Å². The summed E-state index contributed by atoms with van der Waals surface area (Å²) >= 11 is 0. The fourth-order valence-corrected chi connectivity index (χ4v) is 2.67. The highest BCUT2D eigenvalue weighted by molar-refractivity contribution is 5.72. The van der Waals surface area contributed by atoms with Crippen molar-refractivity contribution in [3.05, 3.63) is 65.7 Å². The van der Waals surface area contributed by atoms with Gasteiger partial charge in [0.25, 0.3) is 0 Å². The van der Waals surface area contributed by atoms with Gasteiger partial charge in [-0.3, -0.25) is 4.79 Å². The van der Waals surface area contributed by atoms with E-state index in [1.54, 1.807) is 12.1 Å². The van der Waals surface area contributed by atoms with E-state index >= 15 is 0 Å². The zero-order valence-corrected chi connectivity index (χ0v) is 16.4. The first kappa shape index (κ1) is 21.9. The average Bonchev–Trinajstić information content (AvgIpc) is 2.71. The molecule has 7 nitrogen and oxygen atoms in total. The summed E-state index contributed by atoms with van der Waals surface area (Å²) in [6.07, 6.45) is -4.82. The molecule has 0 spiro atoms. The van der Waals surface area contributed by atoms with Crippen molar-refractivity contribution >= 4 is 17.7 Å². The number of aromatic nitrogens is 2. The van der Waals surface area contributed by atoms with Crippen LogP contribution >= 0.6 is 0 Å². The van der Waals surface area contributed by atoms with Gasteiger partial charge in [-0.15, -0.1) is 13.2 Å². The van der Waals surface area contributed by atoms with E-state index in [2.05, 4.69) is 25.3 Å². The van der Waals surface area contributed by atoms with Crippen LogP contribution in [-0.4, -0.2) is 34.0 Å². The smallest absolute Gasteiger partial charge is 0.480 e. The minimum Gasteiger partial charge on any atom is -0.480 e. The number of aliphatic carboxylic acids is 1. The fourth-order valence-electron chi connectivity index (χ4n) is 2.67. The Kier molecular flexibility index (Phi) is 6.58. The van der Waals surface area contributed by atoms with Gasteiger partial charge in [0.05, 0.1) is 5.69 Å². The van der Waals surface area contributed by atoms with Gasteiger partial charge in [0.2, 0.25) is 5.95 Å². The maximum Gasteiger partial charge on any atom is 0.573 e. The lowest BCUT2D eigenvalue weighted by molar-refractivity contribution is -0.274. The summed E-state index contributed by atoms with van der Waals surface area (Å²) in [5, 5.41) is 14.6. The van der Waals surface area contributed by atoms with Crippen LogP contribution in [0.15, 0.2) is 54.6 Å². The van der Waals surface area contributed by atoms with Crippen LogP contribution in [0.25, 0.3) is 11.3 Å². The molecule has 0 saturated heterocycles. The highest BCUT2D eigenvalue weighted by atomic mass is 19.4. The molecule has 31 heavy (non-hydrogen) atoms. The molecule has 2 aromatic carbocycles. The number of halogens is 3. The molecule has 0 unspecified atom stereocenters. The van der Waals surface area contributed by atoms with Gasteiger partial charge in [0, 0.05) is 18.2 Å². The standard InChI is InChI=1S/C21H19F3N4O3/c1-13-5-7-14(8-6-13)11-25-18-10-17(27-20(28-18)26-12-19(29)30)15-3-2-4-16(9-15)31-21(22,23)24/h2-10H,11-12H2,1H3,(H,29,30)(H2,25,26,27,28). The summed E-state index contributed by atoms with van der Waals surface area (Å²) in [4.78, 5) is 19.3. The minimum absolute atomic E-state index is 0.0217. The highest BCUT2D eigenvalue weighted by Crippen LogP contribution is 2.28. The number of rotatable bonds is 8. The number of carboxylic acid groups (broad SMARTS) is 1. The molecule has 0 bridgehead atoms. The minimum atomic E-state index is -4.82. The van der Waals surface area contributed by atoms with Crippen molar-refractivity contribution in [1.82, 2.24) is 9.97 Å². The summed E-state index contributed by atoms with van der Waals surface area (Å²) in [6, 6.07) is 14.7. The molecule has 0 radical (unpaired) electrons. The molecule has 162 valence electrons. The number of anilines is 2. The third-order valence-electron chi connectivity index (χ3n) is 4.08. The predicted molar refractivity (Wildman–Crippen MR) is 109 cm³/mol. The number of carboxylic acids is 1. The zero-order valence-electron chi connectivity index (χ0n) is 16.4. The maximum absolute atomic E-state index is 12.5. The van der Waals surface area contributed by atoms with Crippen LogP contribution in [0.5, 0.6) is 5.75 Å². The number of aryl methyl sites for hydroxylation is 1. The molecule has 0 aliphatic rings. The molecule has 3 N–H and O–H groups in total. The molecule has 0 aliphatic carbocycles. The Balaban J connectivity index is 1.88. The third kappa shape index (κ3) is 6.88. The molecule has 0 fully saturated rings. The Bertz CT molecular complexity index is 1060. The second-order valence-corrected chi connectivity index (χ2v) is 6.62. The van der Waals surface area contributed by atoms with Crippen LogP contribution in [0.1, 0.15) is 11.1 Å². The van der Waals surface area contributed by atoms with Crippen LogP contribution in [0.3, 0.4) is 0 Å². The van der Waals surface area contributed by atoms with Gasteiger partial charge in [0.1, 0.15) is 18.1 Å². The first-order valence-corrected chi connectivity index (χ1v) is 9.18. The van der Waals surface area contributed by atoms with Crippen LogP contribution in [0.2, 0.25) is 0 Å². The molecule has 10 heteroatoms. The molecule has 1 aromatic heterocycles. The lowest BCUT2D eigenvalue weighted by Crippen LogP contribution is -2.17. The molecule has 0 atom stereocenters. The van der Waals surface area contributed by atoms with E-state index in [0.717, 1.165) is 11.1 Å². The van der Waals surface area contributed by atoms with Crippen molar-refractivity contribution in [2.24, 2.45) is 0 Å². The van der Waals surface area contributed by atoms with E-state index in [4.69, 9.17) is 5.11 Å². The second kappa shape index (κ2) is 9.33. The maximum atomic E-state index is 12.5. The fraction of sp³-hybridized carbons (Fsp3) is 0.190. The van der Waals surface area contributed by atoms with Crippen molar-refractivity contribution < 1.29 is 27.8 Å². The van der Waals surface area contributed by atoms with E-state index < -0.39 is 24.6 Å². The molecule has 3 rings (SSSR count). The lowest BCUT2D eigenvalue weighted by atomic mass is 10.1. The molecule has 0 aliphatic heterocycles. The van der Waals surface area contributed by atoms with Crippen molar-refractivity contribution in [1.29, 1.82) is 0 Å². The summed E-state index contributed by atoms with van der Waals surface area (Å²) < 4.78 is 41.6. The van der Waals surface area contributed by atoms with Gasteiger partial charge >= 0.3 is 12.3 Å². The zero-order chi connectivity index (χ0) is 22.4. The topological polar surface area (TPSA) is 96.4 Å². The molecule has 1 heterocycles. The van der Waals surface area contributed by atoms with Crippen LogP contribution in [0, 0.1) is 6.92 Å². The van der Waals surface area contributed by atoms with Gasteiger partial charge in [-0.1, -0.05) is 42.0 Å². The Hall–Kier alpha value is -3.82. The molecule has 0 saturated carbocycles. The first-order valence-electron chi connectivity index (χ1n) is 9.18. The summed E-state index contributed by atoms with van der Waals surface area (Å²) in [7, 11) is 0. The summed E-state index contributed by atoms with van der Waals surface area (Å²) in [6.45, 7) is 2.00. The van der Waals surface area contributed by atoms with Gasteiger partial charge < -0.3 is 20.5 Å².